The van der Waals surface area contributed by atoms with Crippen molar-refractivity contribution < 1.29 is 9.18 Å². The third-order valence-corrected chi connectivity index (χ3v) is 3.87. The number of amides is 1. The highest BCUT2D eigenvalue weighted by atomic mass is 79.9. The molecule has 0 saturated heterocycles. The highest BCUT2D eigenvalue weighted by Crippen LogP contribution is 2.29. The molecule has 1 amide bonds. The van der Waals surface area contributed by atoms with Gasteiger partial charge in [-0.3, -0.25) is 9.20 Å². The predicted molar refractivity (Wildman–Crippen MR) is 87.4 cm³/mol. The number of halogens is 2. The molecule has 3 rings (SSSR count). The van der Waals surface area contributed by atoms with Crippen molar-refractivity contribution in [3.05, 3.63) is 52.9 Å². The second-order valence-corrected chi connectivity index (χ2v) is 5.74. The molecule has 4 nitrogen and oxygen atoms in total. The molecule has 3 aromatic rings. The standard InChI is InChI=1S/C16H13BrFN3O/c1-10(22)20-14-6-13(9-21-15(17)8-19-16(14)21)12-4-2-3-11(5-12)7-18/h2-6,8-9H,7H2,1H3,(H,20,22). The molecule has 0 fully saturated rings. The van der Waals surface area contributed by atoms with Crippen LogP contribution in [0.4, 0.5) is 10.1 Å². The van der Waals surface area contributed by atoms with E-state index in [9.17, 15) is 9.18 Å². The number of rotatable bonds is 3. The van der Waals surface area contributed by atoms with Crippen LogP contribution in [0.3, 0.4) is 0 Å². The van der Waals surface area contributed by atoms with E-state index in [1.807, 2.05) is 28.8 Å². The summed E-state index contributed by atoms with van der Waals surface area (Å²) in [6.45, 7) is 0.939. The van der Waals surface area contributed by atoms with E-state index in [-0.39, 0.29) is 5.91 Å². The van der Waals surface area contributed by atoms with E-state index in [0.717, 1.165) is 15.7 Å². The maximum Gasteiger partial charge on any atom is 0.221 e. The van der Waals surface area contributed by atoms with Crippen LogP contribution in [-0.2, 0) is 11.5 Å². The molecule has 0 aliphatic carbocycles. The van der Waals surface area contributed by atoms with Gasteiger partial charge in [-0.25, -0.2) is 9.37 Å². The predicted octanol–water partition coefficient (Wildman–Crippen LogP) is 4.19. The van der Waals surface area contributed by atoms with Crippen molar-refractivity contribution >= 4 is 33.2 Å². The number of nitrogens with zero attached hydrogens (tertiary/aromatic N) is 2. The molecule has 22 heavy (non-hydrogen) atoms. The van der Waals surface area contributed by atoms with Crippen molar-refractivity contribution in [2.24, 2.45) is 0 Å². The lowest BCUT2D eigenvalue weighted by Crippen LogP contribution is -2.07. The Labute approximate surface area is 135 Å². The number of carbonyl (C=O) groups is 1. The second-order valence-electron chi connectivity index (χ2n) is 4.93. The molecular formula is C16H13BrFN3O. The highest BCUT2D eigenvalue weighted by Gasteiger charge is 2.11. The van der Waals surface area contributed by atoms with Crippen LogP contribution < -0.4 is 5.32 Å². The normalized spacial score (nSPS) is 10.9. The van der Waals surface area contributed by atoms with Gasteiger partial charge in [0.2, 0.25) is 5.91 Å². The Bertz CT molecular complexity index is 860. The molecule has 0 bridgehead atoms. The first-order valence-corrected chi connectivity index (χ1v) is 7.47. The summed E-state index contributed by atoms with van der Waals surface area (Å²) in [5.41, 5.74) is 3.62. The molecule has 1 aromatic carbocycles. The zero-order chi connectivity index (χ0) is 15.7. The minimum absolute atomic E-state index is 0.171. The number of benzene rings is 1. The Hall–Kier alpha value is -2.21. The number of hydrogen-bond donors (Lipinski definition) is 1. The number of anilines is 1. The van der Waals surface area contributed by atoms with Crippen LogP contribution in [0, 0.1) is 0 Å². The molecule has 0 aliphatic heterocycles. The number of hydrogen-bond acceptors (Lipinski definition) is 2. The highest BCUT2D eigenvalue weighted by molar-refractivity contribution is 9.10. The Morgan fingerprint density at radius 1 is 1.36 bits per heavy atom. The van der Waals surface area contributed by atoms with Crippen LogP contribution in [0.5, 0.6) is 0 Å². The molecule has 0 spiro atoms. The van der Waals surface area contributed by atoms with Crippen molar-refractivity contribution in [1.82, 2.24) is 9.38 Å². The van der Waals surface area contributed by atoms with E-state index in [1.54, 1.807) is 18.3 Å². The molecule has 2 aromatic heterocycles. The van der Waals surface area contributed by atoms with E-state index in [4.69, 9.17) is 0 Å². The van der Waals surface area contributed by atoms with Crippen LogP contribution in [-0.4, -0.2) is 15.3 Å². The average Bonchev–Trinajstić information content (AvgIpc) is 2.88. The van der Waals surface area contributed by atoms with Gasteiger partial charge in [0.15, 0.2) is 5.65 Å². The lowest BCUT2D eigenvalue weighted by Gasteiger charge is -2.10. The number of pyridine rings is 1. The first-order chi connectivity index (χ1) is 10.6. The molecule has 112 valence electrons. The Morgan fingerprint density at radius 2 is 2.18 bits per heavy atom. The van der Waals surface area contributed by atoms with E-state index in [0.29, 0.717) is 16.9 Å². The van der Waals surface area contributed by atoms with E-state index < -0.39 is 6.67 Å². The quantitative estimate of drug-likeness (QED) is 0.760. The molecule has 0 atom stereocenters. The summed E-state index contributed by atoms with van der Waals surface area (Å²) < 4.78 is 15.5. The van der Waals surface area contributed by atoms with Gasteiger partial charge in [-0.15, -0.1) is 0 Å². The molecule has 0 aliphatic rings. The van der Waals surface area contributed by atoms with Crippen LogP contribution >= 0.6 is 15.9 Å². The molecule has 0 saturated carbocycles. The van der Waals surface area contributed by atoms with Crippen molar-refractivity contribution in [3.63, 3.8) is 0 Å². The first kappa shape index (κ1) is 14.7. The summed E-state index contributed by atoms with van der Waals surface area (Å²) in [7, 11) is 0. The molecule has 2 heterocycles. The molecule has 0 radical (unpaired) electrons. The van der Waals surface area contributed by atoms with Gasteiger partial charge in [-0.1, -0.05) is 18.2 Å². The van der Waals surface area contributed by atoms with Crippen molar-refractivity contribution in [2.75, 3.05) is 5.32 Å². The topological polar surface area (TPSA) is 46.4 Å². The second kappa shape index (κ2) is 5.88. The third-order valence-electron chi connectivity index (χ3n) is 3.29. The number of alkyl halides is 1. The third kappa shape index (κ3) is 2.74. The van der Waals surface area contributed by atoms with Crippen LogP contribution in [0.1, 0.15) is 12.5 Å². The van der Waals surface area contributed by atoms with Crippen molar-refractivity contribution in [3.8, 4) is 11.1 Å². The molecule has 6 heteroatoms. The fraction of sp³-hybridized carbons (Fsp3) is 0.125. The summed E-state index contributed by atoms with van der Waals surface area (Å²) >= 11 is 3.43. The molecule has 1 N–H and O–H groups in total. The summed E-state index contributed by atoms with van der Waals surface area (Å²) in [4.78, 5) is 15.7. The van der Waals surface area contributed by atoms with Crippen molar-refractivity contribution in [1.29, 1.82) is 0 Å². The minimum atomic E-state index is -0.511. The maximum absolute atomic E-state index is 12.9. The number of aromatic nitrogens is 2. The van der Waals surface area contributed by atoms with E-state index in [1.165, 1.54) is 6.92 Å². The molecule has 0 unspecified atom stereocenters. The number of fused-ring (bicyclic) bond motifs is 1. The summed E-state index contributed by atoms with van der Waals surface area (Å²) in [5.74, 6) is -0.171. The van der Waals surface area contributed by atoms with Gasteiger partial charge in [0.05, 0.1) is 11.9 Å². The lowest BCUT2D eigenvalue weighted by atomic mass is 10.0. The fourth-order valence-corrected chi connectivity index (χ4v) is 2.70. The van der Waals surface area contributed by atoms with Gasteiger partial charge in [-0.2, -0.15) is 0 Å². The van der Waals surface area contributed by atoms with Crippen LogP contribution in [0.15, 0.2) is 47.3 Å². The monoisotopic (exact) mass is 361 g/mol. The summed E-state index contributed by atoms with van der Waals surface area (Å²) in [5, 5.41) is 2.78. The van der Waals surface area contributed by atoms with Gasteiger partial charge in [0.1, 0.15) is 11.3 Å². The molecular weight excluding hydrogens is 349 g/mol. The SMILES string of the molecule is CC(=O)Nc1cc(-c2cccc(CF)c2)cn2c(Br)cnc12. The van der Waals surface area contributed by atoms with Crippen LogP contribution in [0.25, 0.3) is 16.8 Å². The fourth-order valence-electron chi connectivity index (χ4n) is 2.33. The summed E-state index contributed by atoms with van der Waals surface area (Å²) in [6.07, 6.45) is 3.57. The smallest absolute Gasteiger partial charge is 0.221 e. The largest absolute Gasteiger partial charge is 0.323 e. The van der Waals surface area contributed by atoms with Gasteiger partial charge in [0.25, 0.3) is 0 Å². The Balaban J connectivity index is 2.20. The average molecular weight is 362 g/mol. The number of imidazole rings is 1. The maximum atomic E-state index is 12.9. The Morgan fingerprint density at radius 3 is 2.91 bits per heavy atom. The van der Waals surface area contributed by atoms with Gasteiger partial charge in [-0.05, 0) is 39.2 Å². The van der Waals surface area contributed by atoms with Gasteiger partial charge < -0.3 is 5.32 Å². The van der Waals surface area contributed by atoms with Gasteiger partial charge >= 0.3 is 0 Å². The van der Waals surface area contributed by atoms with E-state index >= 15 is 0 Å². The summed E-state index contributed by atoms with van der Waals surface area (Å²) in [6, 6.07) is 9.10. The van der Waals surface area contributed by atoms with Crippen molar-refractivity contribution in [2.45, 2.75) is 13.6 Å². The van der Waals surface area contributed by atoms with E-state index in [2.05, 4.69) is 26.2 Å². The number of carbonyl (C=O) groups excluding carboxylic acids is 1. The zero-order valence-electron chi connectivity index (χ0n) is 11.8. The van der Waals surface area contributed by atoms with Crippen LogP contribution in [0.2, 0.25) is 0 Å². The first-order valence-electron chi connectivity index (χ1n) is 6.68. The Kier molecular flexibility index (Phi) is 3.94. The minimum Gasteiger partial charge on any atom is -0.323 e. The lowest BCUT2D eigenvalue weighted by molar-refractivity contribution is -0.114. The number of nitrogens with one attached hydrogen (secondary N) is 1. The van der Waals surface area contributed by atoms with Gasteiger partial charge in [0, 0.05) is 18.7 Å². The zero-order valence-corrected chi connectivity index (χ0v) is 13.4.